The molecule has 1 aromatic rings. The van der Waals surface area contributed by atoms with Gasteiger partial charge in [-0.1, -0.05) is 37.3 Å². The van der Waals surface area contributed by atoms with Gasteiger partial charge in [0.1, 0.15) is 0 Å². The number of benzene rings is 1. The molecule has 0 bridgehead atoms. The molecular formula is C12H17N3. The average molecular weight is 203 g/mol. The number of likely N-dealkylation sites (N-methyl/N-ethyl adjacent to an activating group) is 1. The van der Waals surface area contributed by atoms with Crippen LogP contribution in [0.25, 0.3) is 0 Å². The van der Waals surface area contributed by atoms with Crippen LogP contribution in [-0.4, -0.2) is 30.5 Å². The van der Waals surface area contributed by atoms with E-state index in [9.17, 15) is 0 Å². The van der Waals surface area contributed by atoms with Crippen molar-refractivity contribution in [2.75, 3.05) is 13.6 Å². The Balaban J connectivity index is 2.14. The lowest BCUT2D eigenvalue weighted by Gasteiger charge is -2.27. The lowest BCUT2D eigenvalue weighted by Crippen LogP contribution is -2.40. The van der Waals surface area contributed by atoms with E-state index in [2.05, 4.69) is 41.1 Å². The summed E-state index contributed by atoms with van der Waals surface area (Å²) in [5.74, 6) is 1.11. The zero-order chi connectivity index (χ0) is 10.8. The summed E-state index contributed by atoms with van der Waals surface area (Å²) in [5.41, 5.74) is 7.11. The molecule has 0 saturated heterocycles. The molecule has 0 aliphatic carbocycles. The molecule has 0 amide bonds. The number of nitrogens with zero attached hydrogens (tertiary/aromatic N) is 2. The van der Waals surface area contributed by atoms with E-state index >= 15 is 0 Å². The standard InChI is InChI=1S/C12H17N3/c1-9(10-6-4-3-5-7-10)11-8-14-12(13)15(11)2/h3-7,9,11H,8H2,1-2H3,(H2,13,14). The Hall–Kier alpha value is -1.51. The van der Waals surface area contributed by atoms with Crippen LogP contribution in [-0.2, 0) is 0 Å². The minimum Gasteiger partial charge on any atom is -0.370 e. The van der Waals surface area contributed by atoms with Crippen molar-refractivity contribution in [3.05, 3.63) is 35.9 Å². The normalized spacial score (nSPS) is 22.7. The molecule has 0 saturated carbocycles. The molecule has 1 heterocycles. The Morgan fingerprint density at radius 1 is 1.40 bits per heavy atom. The Bertz CT molecular complexity index is 358. The molecule has 0 aromatic heterocycles. The SMILES string of the molecule is CC(c1ccccc1)C1CN=C(N)N1C. The highest BCUT2D eigenvalue weighted by Crippen LogP contribution is 2.24. The van der Waals surface area contributed by atoms with E-state index in [4.69, 9.17) is 5.73 Å². The van der Waals surface area contributed by atoms with E-state index in [1.165, 1.54) is 5.56 Å². The molecule has 3 heteroatoms. The van der Waals surface area contributed by atoms with Crippen molar-refractivity contribution in [1.82, 2.24) is 4.90 Å². The second-order valence-electron chi connectivity index (χ2n) is 4.08. The molecule has 2 rings (SSSR count). The van der Waals surface area contributed by atoms with Crippen molar-refractivity contribution >= 4 is 5.96 Å². The van der Waals surface area contributed by atoms with Crippen LogP contribution in [0.5, 0.6) is 0 Å². The van der Waals surface area contributed by atoms with Crippen LogP contribution in [0, 0.1) is 0 Å². The summed E-state index contributed by atoms with van der Waals surface area (Å²) in [7, 11) is 2.01. The van der Waals surface area contributed by atoms with Crippen molar-refractivity contribution in [1.29, 1.82) is 0 Å². The fourth-order valence-electron chi connectivity index (χ4n) is 2.06. The number of hydrogen-bond acceptors (Lipinski definition) is 3. The number of rotatable bonds is 2. The average Bonchev–Trinajstić information content (AvgIpc) is 2.60. The highest BCUT2D eigenvalue weighted by atomic mass is 15.3. The summed E-state index contributed by atoms with van der Waals surface area (Å²) >= 11 is 0. The van der Waals surface area contributed by atoms with E-state index in [0.717, 1.165) is 6.54 Å². The highest BCUT2D eigenvalue weighted by Gasteiger charge is 2.28. The molecule has 0 radical (unpaired) electrons. The van der Waals surface area contributed by atoms with E-state index < -0.39 is 0 Å². The van der Waals surface area contributed by atoms with Gasteiger partial charge in [0.2, 0.25) is 0 Å². The van der Waals surface area contributed by atoms with E-state index in [1.54, 1.807) is 0 Å². The van der Waals surface area contributed by atoms with Crippen LogP contribution in [0.4, 0.5) is 0 Å². The molecule has 3 nitrogen and oxygen atoms in total. The van der Waals surface area contributed by atoms with Crippen molar-refractivity contribution in [3.63, 3.8) is 0 Å². The Morgan fingerprint density at radius 3 is 2.60 bits per heavy atom. The molecule has 1 aliphatic rings. The minimum atomic E-state index is 0.396. The molecule has 0 fully saturated rings. The quantitative estimate of drug-likeness (QED) is 0.789. The van der Waals surface area contributed by atoms with Gasteiger partial charge < -0.3 is 10.6 Å². The topological polar surface area (TPSA) is 41.6 Å². The molecule has 80 valence electrons. The predicted molar refractivity (Wildman–Crippen MR) is 62.9 cm³/mol. The van der Waals surface area contributed by atoms with Gasteiger partial charge in [-0.3, -0.25) is 4.99 Å². The Kier molecular flexibility index (Phi) is 2.62. The largest absolute Gasteiger partial charge is 0.370 e. The van der Waals surface area contributed by atoms with Crippen LogP contribution >= 0.6 is 0 Å². The van der Waals surface area contributed by atoms with Crippen LogP contribution in [0.3, 0.4) is 0 Å². The van der Waals surface area contributed by atoms with Gasteiger partial charge in [-0.05, 0) is 5.56 Å². The third-order valence-electron chi connectivity index (χ3n) is 3.20. The molecule has 0 spiro atoms. The van der Waals surface area contributed by atoms with Gasteiger partial charge in [0.25, 0.3) is 0 Å². The van der Waals surface area contributed by atoms with Crippen molar-refractivity contribution in [2.45, 2.75) is 18.9 Å². The van der Waals surface area contributed by atoms with Gasteiger partial charge in [-0.25, -0.2) is 0 Å². The Labute approximate surface area is 90.6 Å². The lowest BCUT2D eigenvalue weighted by atomic mass is 9.93. The molecule has 15 heavy (non-hydrogen) atoms. The summed E-state index contributed by atoms with van der Waals surface area (Å²) < 4.78 is 0. The first-order valence-corrected chi connectivity index (χ1v) is 5.28. The molecule has 2 atom stereocenters. The third kappa shape index (κ3) is 1.82. The van der Waals surface area contributed by atoms with Crippen molar-refractivity contribution < 1.29 is 0 Å². The maximum Gasteiger partial charge on any atom is 0.191 e. The third-order valence-corrected chi connectivity index (χ3v) is 3.20. The first kappa shape index (κ1) is 10.0. The summed E-state index contributed by atoms with van der Waals surface area (Å²) in [6, 6.07) is 10.9. The zero-order valence-electron chi connectivity index (χ0n) is 9.22. The van der Waals surface area contributed by atoms with Gasteiger partial charge in [0, 0.05) is 13.0 Å². The second kappa shape index (κ2) is 3.93. The van der Waals surface area contributed by atoms with E-state index in [1.807, 2.05) is 13.1 Å². The fraction of sp³-hybridized carbons (Fsp3) is 0.417. The highest BCUT2D eigenvalue weighted by molar-refractivity contribution is 5.80. The van der Waals surface area contributed by atoms with Gasteiger partial charge in [0.05, 0.1) is 12.6 Å². The minimum absolute atomic E-state index is 0.396. The van der Waals surface area contributed by atoms with Gasteiger partial charge in [-0.15, -0.1) is 0 Å². The maximum atomic E-state index is 5.76. The summed E-state index contributed by atoms with van der Waals surface area (Å²) in [5, 5.41) is 0. The molecular weight excluding hydrogens is 186 g/mol. The molecule has 2 unspecified atom stereocenters. The first-order chi connectivity index (χ1) is 7.20. The van der Waals surface area contributed by atoms with Crippen LogP contribution in [0.1, 0.15) is 18.4 Å². The number of hydrogen-bond donors (Lipinski definition) is 1. The van der Waals surface area contributed by atoms with Crippen LogP contribution < -0.4 is 5.73 Å². The number of nitrogens with two attached hydrogens (primary N) is 1. The molecule has 1 aromatic carbocycles. The molecule has 2 N–H and O–H groups in total. The monoisotopic (exact) mass is 203 g/mol. The Morgan fingerprint density at radius 2 is 2.07 bits per heavy atom. The smallest absolute Gasteiger partial charge is 0.191 e. The van der Waals surface area contributed by atoms with Gasteiger partial charge in [-0.2, -0.15) is 0 Å². The predicted octanol–water partition coefficient (Wildman–Crippen LogP) is 1.42. The van der Waals surface area contributed by atoms with E-state index in [0.29, 0.717) is 17.9 Å². The van der Waals surface area contributed by atoms with Gasteiger partial charge >= 0.3 is 0 Å². The molecule has 1 aliphatic heterocycles. The number of aliphatic imine (C=N–C) groups is 1. The van der Waals surface area contributed by atoms with Gasteiger partial charge in [0.15, 0.2) is 5.96 Å². The lowest BCUT2D eigenvalue weighted by molar-refractivity contribution is 0.355. The summed E-state index contributed by atoms with van der Waals surface area (Å²) in [6.45, 7) is 3.03. The van der Waals surface area contributed by atoms with Crippen molar-refractivity contribution in [3.8, 4) is 0 Å². The summed E-state index contributed by atoms with van der Waals surface area (Å²) in [4.78, 5) is 6.33. The number of guanidine groups is 1. The summed E-state index contributed by atoms with van der Waals surface area (Å²) in [6.07, 6.45) is 0. The maximum absolute atomic E-state index is 5.76. The van der Waals surface area contributed by atoms with E-state index in [-0.39, 0.29) is 0 Å². The zero-order valence-corrected chi connectivity index (χ0v) is 9.22. The van der Waals surface area contributed by atoms with Crippen molar-refractivity contribution in [2.24, 2.45) is 10.7 Å². The van der Waals surface area contributed by atoms with Crippen LogP contribution in [0.2, 0.25) is 0 Å². The second-order valence-corrected chi connectivity index (χ2v) is 4.08. The van der Waals surface area contributed by atoms with Crippen LogP contribution in [0.15, 0.2) is 35.3 Å². The first-order valence-electron chi connectivity index (χ1n) is 5.28. The fourth-order valence-corrected chi connectivity index (χ4v) is 2.06.